The van der Waals surface area contributed by atoms with Crippen LogP contribution in [0.5, 0.6) is 5.75 Å². The minimum Gasteiger partial charge on any atom is -0.484 e. The van der Waals surface area contributed by atoms with E-state index in [2.05, 4.69) is 5.32 Å². The third-order valence-corrected chi connectivity index (χ3v) is 4.31. The van der Waals surface area contributed by atoms with Gasteiger partial charge >= 0.3 is 0 Å². The zero-order valence-corrected chi connectivity index (χ0v) is 16.4. The Bertz CT molecular complexity index is 750. The van der Waals surface area contributed by atoms with Crippen molar-refractivity contribution in [1.29, 1.82) is 0 Å². The van der Waals surface area contributed by atoms with E-state index in [1.807, 2.05) is 32.0 Å². The first-order valence-corrected chi connectivity index (χ1v) is 9.54. The summed E-state index contributed by atoms with van der Waals surface area (Å²) < 4.78 is 18.8. The molecule has 1 atom stereocenters. The standard InChI is InChI=1S/C22H27FN2O3/c1-3-14-24-22(27)20(4-2)25(15-17-10-12-18(23)13-11-17)21(26)16-28-19-8-6-5-7-9-19/h5-13,20H,3-4,14-16H2,1-2H3,(H,24,27)/t20-/m0/s1. The van der Waals surface area contributed by atoms with E-state index in [9.17, 15) is 14.0 Å². The fourth-order valence-electron chi connectivity index (χ4n) is 2.82. The minimum absolute atomic E-state index is 0.178. The Morgan fingerprint density at radius 2 is 1.75 bits per heavy atom. The van der Waals surface area contributed by atoms with Crippen molar-refractivity contribution in [2.24, 2.45) is 0 Å². The van der Waals surface area contributed by atoms with Gasteiger partial charge in [0.15, 0.2) is 6.61 Å². The predicted molar refractivity (Wildman–Crippen MR) is 106 cm³/mol. The second-order valence-corrected chi connectivity index (χ2v) is 6.46. The van der Waals surface area contributed by atoms with E-state index in [0.717, 1.165) is 12.0 Å². The number of nitrogens with one attached hydrogen (secondary N) is 1. The summed E-state index contributed by atoms with van der Waals surface area (Å²) in [5.41, 5.74) is 0.746. The molecule has 0 aliphatic carbocycles. The maximum Gasteiger partial charge on any atom is 0.261 e. The second kappa shape index (κ2) is 11.1. The van der Waals surface area contributed by atoms with Gasteiger partial charge in [-0.3, -0.25) is 9.59 Å². The number of carbonyl (C=O) groups is 2. The van der Waals surface area contributed by atoms with Crippen LogP contribution >= 0.6 is 0 Å². The molecule has 6 heteroatoms. The van der Waals surface area contributed by atoms with Crippen molar-refractivity contribution >= 4 is 11.8 Å². The lowest BCUT2D eigenvalue weighted by atomic mass is 10.1. The average molecular weight is 386 g/mol. The number of para-hydroxylation sites is 1. The third kappa shape index (κ3) is 6.37. The highest BCUT2D eigenvalue weighted by Gasteiger charge is 2.28. The molecular weight excluding hydrogens is 359 g/mol. The van der Waals surface area contributed by atoms with E-state index >= 15 is 0 Å². The Kier molecular flexibility index (Phi) is 8.46. The molecule has 0 saturated heterocycles. The SMILES string of the molecule is CCCNC(=O)[C@H](CC)N(Cc1ccc(F)cc1)C(=O)COc1ccccc1. The van der Waals surface area contributed by atoms with Gasteiger partial charge in [0.05, 0.1) is 0 Å². The molecule has 0 aliphatic rings. The van der Waals surface area contributed by atoms with Gasteiger partial charge in [-0.2, -0.15) is 0 Å². The fraction of sp³-hybridized carbons (Fsp3) is 0.364. The van der Waals surface area contributed by atoms with E-state index in [-0.39, 0.29) is 30.8 Å². The quantitative estimate of drug-likeness (QED) is 0.680. The van der Waals surface area contributed by atoms with E-state index in [1.165, 1.54) is 17.0 Å². The van der Waals surface area contributed by atoms with Crippen LogP contribution in [0, 0.1) is 5.82 Å². The lowest BCUT2D eigenvalue weighted by Gasteiger charge is -2.30. The van der Waals surface area contributed by atoms with Gasteiger partial charge in [-0.15, -0.1) is 0 Å². The fourth-order valence-corrected chi connectivity index (χ4v) is 2.82. The van der Waals surface area contributed by atoms with Crippen molar-refractivity contribution in [3.8, 4) is 5.75 Å². The van der Waals surface area contributed by atoms with Crippen molar-refractivity contribution in [1.82, 2.24) is 10.2 Å². The van der Waals surface area contributed by atoms with Crippen molar-refractivity contribution in [2.45, 2.75) is 39.3 Å². The van der Waals surface area contributed by atoms with Gasteiger partial charge < -0.3 is 15.0 Å². The van der Waals surface area contributed by atoms with Crippen LogP contribution in [0.2, 0.25) is 0 Å². The smallest absolute Gasteiger partial charge is 0.261 e. The van der Waals surface area contributed by atoms with Crippen LogP contribution in [0.4, 0.5) is 4.39 Å². The van der Waals surface area contributed by atoms with Crippen LogP contribution in [0.15, 0.2) is 54.6 Å². The summed E-state index contributed by atoms with van der Waals surface area (Å²) in [4.78, 5) is 27.0. The Balaban J connectivity index is 2.16. The molecule has 5 nitrogen and oxygen atoms in total. The molecule has 0 fully saturated rings. The molecule has 0 radical (unpaired) electrons. The zero-order valence-electron chi connectivity index (χ0n) is 16.4. The Morgan fingerprint density at radius 3 is 2.36 bits per heavy atom. The monoisotopic (exact) mass is 386 g/mol. The maximum absolute atomic E-state index is 13.2. The van der Waals surface area contributed by atoms with Crippen LogP contribution < -0.4 is 10.1 Å². The van der Waals surface area contributed by atoms with Crippen LogP contribution in [0.3, 0.4) is 0 Å². The van der Waals surface area contributed by atoms with Crippen LogP contribution in [0.1, 0.15) is 32.3 Å². The maximum atomic E-state index is 13.2. The molecule has 0 heterocycles. The molecule has 0 aliphatic heterocycles. The molecule has 0 aromatic heterocycles. The van der Waals surface area contributed by atoms with Crippen molar-refractivity contribution in [3.05, 3.63) is 66.0 Å². The third-order valence-electron chi connectivity index (χ3n) is 4.31. The largest absolute Gasteiger partial charge is 0.484 e. The molecule has 0 saturated carbocycles. The second-order valence-electron chi connectivity index (χ2n) is 6.46. The summed E-state index contributed by atoms with van der Waals surface area (Å²) in [5, 5.41) is 2.85. The van der Waals surface area contributed by atoms with Gasteiger partial charge in [0.25, 0.3) is 5.91 Å². The summed E-state index contributed by atoms with van der Waals surface area (Å²) in [6.07, 6.45) is 1.28. The first kappa shape index (κ1) is 21.4. The number of nitrogens with zero attached hydrogens (tertiary/aromatic N) is 1. The topological polar surface area (TPSA) is 58.6 Å². The molecule has 2 rings (SSSR count). The van der Waals surface area contributed by atoms with Gasteiger partial charge in [0, 0.05) is 13.1 Å². The molecule has 0 unspecified atom stereocenters. The first-order chi connectivity index (χ1) is 13.5. The summed E-state index contributed by atoms with van der Waals surface area (Å²) in [6, 6.07) is 14.3. The molecule has 150 valence electrons. The number of halogens is 1. The summed E-state index contributed by atoms with van der Waals surface area (Å²) in [5.74, 6) is -0.256. The van der Waals surface area contributed by atoms with E-state index < -0.39 is 6.04 Å². The molecule has 2 aromatic carbocycles. The molecular formula is C22H27FN2O3. The van der Waals surface area contributed by atoms with Crippen molar-refractivity contribution in [3.63, 3.8) is 0 Å². The number of benzene rings is 2. The molecule has 2 amide bonds. The molecule has 28 heavy (non-hydrogen) atoms. The summed E-state index contributed by atoms with van der Waals surface area (Å²) >= 11 is 0. The van der Waals surface area contributed by atoms with Crippen molar-refractivity contribution < 1.29 is 18.7 Å². The Morgan fingerprint density at radius 1 is 1.07 bits per heavy atom. The zero-order chi connectivity index (χ0) is 20.4. The molecule has 0 bridgehead atoms. The van der Waals surface area contributed by atoms with Crippen LogP contribution in [-0.2, 0) is 16.1 Å². The number of hydrogen-bond acceptors (Lipinski definition) is 3. The highest BCUT2D eigenvalue weighted by atomic mass is 19.1. The van der Waals surface area contributed by atoms with Gasteiger partial charge in [-0.25, -0.2) is 4.39 Å². The molecule has 2 aromatic rings. The van der Waals surface area contributed by atoms with E-state index in [4.69, 9.17) is 4.74 Å². The van der Waals surface area contributed by atoms with Crippen LogP contribution in [0.25, 0.3) is 0 Å². The summed E-state index contributed by atoms with van der Waals surface area (Å²) in [6.45, 7) is 4.40. The summed E-state index contributed by atoms with van der Waals surface area (Å²) in [7, 11) is 0. The Hall–Kier alpha value is -2.89. The lowest BCUT2D eigenvalue weighted by Crippen LogP contribution is -2.50. The number of rotatable bonds is 10. The molecule has 0 spiro atoms. The van der Waals surface area contributed by atoms with Gasteiger partial charge in [-0.1, -0.05) is 44.2 Å². The van der Waals surface area contributed by atoms with Crippen LogP contribution in [-0.4, -0.2) is 35.9 Å². The minimum atomic E-state index is -0.622. The normalized spacial score (nSPS) is 11.5. The number of ether oxygens (including phenoxy) is 1. The van der Waals surface area contributed by atoms with Gasteiger partial charge in [-0.05, 0) is 42.7 Å². The highest BCUT2D eigenvalue weighted by Crippen LogP contribution is 2.15. The first-order valence-electron chi connectivity index (χ1n) is 9.54. The van der Waals surface area contributed by atoms with E-state index in [1.54, 1.807) is 24.3 Å². The lowest BCUT2D eigenvalue weighted by molar-refractivity contribution is -0.143. The average Bonchev–Trinajstić information content (AvgIpc) is 2.72. The number of amides is 2. The Labute approximate surface area is 165 Å². The van der Waals surface area contributed by atoms with Crippen molar-refractivity contribution in [2.75, 3.05) is 13.2 Å². The number of hydrogen-bond donors (Lipinski definition) is 1. The van der Waals surface area contributed by atoms with Gasteiger partial charge in [0.2, 0.25) is 5.91 Å². The van der Waals surface area contributed by atoms with E-state index in [0.29, 0.717) is 18.7 Å². The highest BCUT2D eigenvalue weighted by molar-refractivity contribution is 5.88. The molecule has 1 N–H and O–H groups in total. The van der Waals surface area contributed by atoms with Gasteiger partial charge in [0.1, 0.15) is 17.6 Å². The number of carbonyl (C=O) groups excluding carboxylic acids is 2. The predicted octanol–water partition coefficient (Wildman–Crippen LogP) is 3.54.